The van der Waals surface area contributed by atoms with Crippen LogP contribution in [0.4, 0.5) is 16.0 Å². The number of H-pyrrole nitrogens is 1. The van der Waals surface area contributed by atoms with Crippen molar-refractivity contribution in [2.75, 3.05) is 12.3 Å². The van der Waals surface area contributed by atoms with Crippen LogP contribution in [-0.2, 0) is 16.0 Å². The molecule has 7 N–H and O–H groups in total. The lowest BCUT2D eigenvalue weighted by Crippen LogP contribution is -2.41. The summed E-state index contributed by atoms with van der Waals surface area (Å²) in [4.78, 5) is 42.7. The summed E-state index contributed by atoms with van der Waals surface area (Å²) in [6.07, 6.45) is 0.0215. The average Bonchev–Trinajstić information content (AvgIpc) is 3.11. The van der Waals surface area contributed by atoms with Crippen LogP contribution in [0.2, 0.25) is 0 Å². The number of carbonyl (C=O) groups is 3. The second-order valence-corrected chi connectivity index (χ2v) is 7.25. The van der Waals surface area contributed by atoms with Gasteiger partial charge >= 0.3 is 11.9 Å². The number of benzene rings is 1. The van der Waals surface area contributed by atoms with Crippen LogP contribution in [0.1, 0.15) is 40.6 Å². The Morgan fingerprint density at radius 2 is 2.03 bits per heavy atom. The fourth-order valence-corrected chi connectivity index (χ4v) is 3.26. The number of aliphatic imine (C=N–C) groups is 1. The highest BCUT2D eigenvalue weighted by atomic mass is 19.1. The molecule has 0 saturated heterocycles. The monoisotopic (exact) mass is 447 g/mol. The summed E-state index contributed by atoms with van der Waals surface area (Å²) in [7, 11) is 0. The molecule has 2 atom stereocenters. The third-order valence-corrected chi connectivity index (χ3v) is 4.96. The molecule has 32 heavy (non-hydrogen) atoms. The second kappa shape index (κ2) is 9.47. The number of nitrogens with one attached hydrogen (secondary N) is 2. The minimum atomic E-state index is -1.45. The minimum Gasteiger partial charge on any atom is -0.481 e. The fraction of sp³-hybridized carbons (Fsp3) is 0.300. The number of aliphatic hydroxyl groups is 1. The number of hydrogen-bond acceptors (Lipinski definition) is 7. The van der Waals surface area contributed by atoms with Crippen LogP contribution in [0.5, 0.6) is 0 Å². The molecule has 3 rings (SSSR count). The van der Waals surface area contributed by atoms with Crippen LogP contribution in [0.25, 0.3) is 0 Å². The molecule has 2 heterocycles. The summed E-state index contributed by atoms with van der Waals surface area (Å²) >= 11 is 0. The van der Waals surface area contributed by atoms with Crippen LogP contribution >= 0.6 is 0 Å². The van der Waals surface area contributed by atoms with E-state index in [2.05, 4.69) is 15.3 Å². The van der Waals surface area contributed by atoms with Crippen molar-refractivity contribution in [1.82, 2.24) is 15.2 Å². The zero-order chi connectivity index (χ0) is 23.4. The van der Waals surface area contributed by atoms with Gasteiger partial charge in [0.25, 0.3) is 5.91 Å². The highest BCUT2D eigenvalue weighted by Gasteiger charge is 2.25. The summed E-state index contributed by atoms with van der Waals surface area (Å²) < 4.78 is 14.5. The number of aliphatic hydroxyl groups excluding tert-OH is 1. The summed E-state index contributed by atoms with van der Waals surface area (Å²) in [6, 6.07) is 4.01. The van der Waals surface area contributed by atoms with Crippen molar-refractivity contribution in [3.05, 3.63) is 46.8 Å². The van der Waals surface area contributed by atoms with Gasteiger partial charge in [-0.3, -0.25) is 9.59 Å². The van der Waals surface area contributed by atoms with E-state index in [1.165, 1.54) is 18.5 Å². The third kappa shape index (κ3) is 5.21. The lowest BCUT2D eigenvalue weighted by atomic mass is 10.1. The number of aromatic amines is 1. The Hall–Kier alpha value is -3.93. The van der Waals surface area contributed by atoms with Crippen molar-refractivity contribution in [3.63, 3.8) is 0 Å². The molecule has 1 amide bonds. The largest absolute Gasteiger partial charge is 0.481 e. The molecule has 1 unspecified atom stereocenters. The lowest BCUT2D eigenvalue weighted by Gasteiger charge is -2.28. The number of amides is 1. The molecule has 1 aliphatic heterocycles. The molecule has 0 saturated carbocycles. The molecule has 12 heteroatoms. The van der Waals surface area contributed by atoms with E-state index < -0.39 is 42.4 Å². The molecule has 170 valence electrons. The highest BCUT2D eigenvalue weighted by Crippen LogP contribution is 2.32. The SMILES string of the molecule is Nc1cc2c([nH]1)N=CN(CCc1ccc(C(=O)N[C@@H](CCC(=O)O)C(=O)O)c(F)c1)C2O. The predicted octanol–water partition coefficient (Wildman–Crippen LogP) is 0.993. The first-order valence-corrected chi connectivity index (χ1v) is 9.66. The van der Waals surface area contributed by atoms with E-state index >= 15 is 0 Å². The molecule has 0 radical (unpaired) electrons. The van der Waals surface area contributed by atoms with Gasteiger partial charge < -0.3 is 36.3 Å². The molecule has 1 aliphatic rings. The summed E-state index contributed by atoms with van der Waals surface area (Å²) in [6.45, 7) is 0.302. The normalized spacial score (nSPS) is 15.8. The van der Waals surface area contributed by atoms with E-state index in [4.69, 9.17) is 15.9 Å². The first kappa shape index (κ1) is 22.7. The number of nitrogens with two attached hydrogens (primary N) is 1. The maximum absolute atomic E-state index is 14.5. The standard InChI is InChI=1S/C20H22FN5O6/c21-13-7-10(5-6-26-9-23-17-12(19(26)30)8-15(22)25-17)1-2-11(13)18(29)24-14(20(31)32)3-4-16(27)28/h1-2,7-9,14,19,25,30H,3-6,22H2,(H,24,29)(H,27,28)(H,31,32)/t14-,19?/m0/s1. The van der Waals surface area contributed by atoms with Gasteiger partial charge in [0.05, 0.1) is 11.9 Å². The van der Waals surface area contributed by atoms with Gasteiger partial charge in [-0.05, 0) is 36.6 Å². The van der Waals surface area contributed by atoms with E-state index in [1.54, 1.807) is 11.0 Å². The lowest BCUT2D eigenvalue weighted by molar-refractivity contribution is -0.140. The summed E-state index contributed by atoms with van der Waals surface area (Å²) in [5, 5.41) is 30.4. The van der Waals surface area contributed by atoms with Crippen LogP contribution in [-0.4, -0.2) is 62.0 Å². The molecular weight excluding hydrogens is 425 g/mol. The number of rotatable bonds is 9. The van der Waals surface area contributed by atoms with Crippen LogP contribution in [0.3, 0.4) is 0 Å². The molecule has 2 aromatic rings. The fourth-order valence-electron chi connectivity index (χ4n) is 3.26. The Balaban J connectivity index is 1.61. The number of fused-ring (bicyclic) bond motifs is 1. The molecule has 0 aliphatic carbocycles. The quantitative estimate of drug-likeness (QED) is 0.329. The Kier molecular flexibility index (Phi) is 6.73. The molecule has 1 aromatic carbocycles. The Morgan fingerprint density at radius 3 is 2.69 bits per heavy atom. The highest BCUT2D eigenvalue weighted by molar-refractivity contribution is 5.97. The van der Waals surface area contributed by atoms with E-state index in [9.17, 15) is 23.9 Å². The maximum Gasteiger partial charge on any atom is 0.326 e. The van der Waals surface area contributed by atoms with Crippen molar-refractivity contribution >= 4 is 35.8 Å². The number of anilines is 1. The molecule has 1 aromatic heterocycles. The van der Waals surface area contributed by atoms with Gasteiger partial charge in [-0.1, -0.05) is 6.07 Å². The Labute approximate surface area is 181 Å². The van der Waals surface area contributed by atoms with Crippen molar-refractivity contribution in [2.45, 2.75) is 31.5 Å². The molecule has 11 nitrogen and oxygen atoms in total. The summed E-state index contributed by atoms with van der Waals surface area (Å²) in [5.74, 6) is -3.58. The minimum absolute atomic E-state index is 0.302. The smallest absolute Gasteiger partial charge is 0.326 e. The summed E-state index contributed by atoms with van der Waals surface area (Å²) in [5.41, 5.74) is 6.38. The number of aliphatic carboxylic acids is 2. The Morgan fingerprint density at radius 1 is 1.28 bits per heavy atom. The number of carboxylic acid groups (broad SMARTS) is 2. The van der Waals surface area contributed by atoms with Gasteiger partial charge in [0.15, 0.2) is 6.23 Å². The van der Waals surface area contributed by atoms with Gasteiger partial charge in [-0.15, -0.1) is 0 Å². The first-order chi connectivity index (χ1) is 15.2. The van der Waals surface area contributed by atoms with Crippen molar-refractivity contribution in [2.24, 2.45) is 4.99 Å². The zero-order valence-electron chi connectivity index (χ0n) is 16.8. The number of carboxylic acids is 2. The number of nitrogen functional groups attached to an aromatic ring is 1. The number of aromatic nitrogens is 1. The predicted molar refractivity (Wildman–Crippen MR) is 111 cm³/mol. The number of hydrogen-bond donors (Lipinski definition) is 6. The van der Waals surface area contributed by atoms with Gasteiger partial charge in [0.1, 0.15) is 23.5 Å². The van der Waals surface area contributed by atoms with Crippen molar-refractivity contribution in [3.8, 4) is 0 Å². The molecule has 0 bridgehead atoms. The van der Waals surface area contributed by atoms with Gasteiger partial charge in [-0.2, -0.15) is 0 Å². The number of carbonyl (C=O) groups excluding carboxylic acids is 1. The van der Waals surface area contributed by atoms with Gasteiger partial charge in [-0.25, -0.2) is 14.2 Å². The van der Waals surface area contributed by atoms with Crippen LogP contribution in [0.15, 0.2) is 29.3 Å². The first-order valence-electron chi connectivity index (χ1n) is 9.66. The van der Waals surface area contributed by atoms with E-state index in [0.717, 1.165) is 6.07 Å². The zero-order valence-corrected chi connectivity index (χ0v) is 16.8. The van der Waals surface area contributed by atoms with E-state index in [1.807, 2.05) is 0 Å². The average molecular weight is 447 g/mol. The molecule has 0 spiro atoms. The van der Waals surface area contributed by atoms with Gasteiger partial charge in [0.2, 0.25) is 0 Å². The maximum atomic E-state index is 14.5. The molecular formula is C20H22FN5O6. The number of halogens is 1. The van der Waals surface area contributed by atoms with E-state index in [-0.39, 0.29) is 12.0 Å². The van der Waals surface area contributed by atoms with Crippen molar-refractivity contribution < 1.29 is 34.1 Å². The second-order valence-electron chi connectivity index (χ2n) is 7.25. The topological polar surface area (TPSA) is 181 Å². The van der Waals surface area contributed by atoms with Gasteiger partial charge in [0, 0.05) is 18.5 Å². The van der Waals surface area contributed by atoms with E-state index in [0.29, 0.717) is 35.7 Å². The van der Waals surface area contributed by atoms with Crippen LogP contribution < -0.4 is 11.1 Å². The third-order valence-electron chi connectivity index (χ3n) is 4.96. The molecule has 0 fully saturated rings. The van der Waals surface area contributed by atoms with Crippen LogP contribution in [0, 0.1) is 5.82 Å². The van der Waals surface area contributed by atoms with Crippen molar-refractivity contribution in [1.29, 1.82) is 0 Å². The number of nitrogens with zero attached hydrogens (tertiary/aromatic N) is 2. The Bertz CT molecular complexity index is 1070.